The lowest BCUT2D eigenvalue weighted by Gasteiger charge is -2.16. The molecule has 0 spiro atoms. The number of hydrogen-bond donors (Lipinski definition) is 1. The van der Waals surface area contributed by atoms with E-state index in [9.17, 15) is 4.79 Å². The smallest absolute Gasteiger partial charge is 0.241 e. The standard InChI is InChI=1S/C12H13Cl3N2O/c13-8-5-10(15)11(6-9(8)14)16-7-12(18)17-3-1-2-4-17/h5-6,16H,1-4,7H2. The van der Waals surface area contributed by atoms with Gasteiger partial charge in [-0.1, -0.05) is 34.8 Å². The Labute approximate surface area is 121 Å². The molecule has 1 heterocycles. The first kappa shape index (κ1) is 13.8. The van der Waals surface area contributed by atoms with Crippen LogP contribution < -0.4 is 5.32 Å². The molecule has 1 aromatic carbocycles. The molecule has 1 aromatic rings. The lowest BCUT2D eigenvalue weighted by Crippen LogP contribution is -2.33. The summed E-state index contributed by atoms with van der Waals surface area (Å²) < 4.78 is 0. The van der Waals surface area contributed by atoms with E-state index in [1.54, 1.807) is 12.1 Å². The van der Waals surface area contributed by atoms with Crippen LogP contribution in [-0.4, -0.2) is 30.4 Å². The Balaban J connectivity index is 1.97. The maximum absolute atomic E-state index is 11.8. The van der Waals surface area contributed by atoms with Gasteiger partial charge in [0.1, 0.15) is 0 Å². The van der Waals surface area contributed by atoms with Crippen molar-refractivity contribution < 1.29 is 4.79 Å². The van der Waals surface area contributed by atoms with E-state index >= 15 is 0 Å². The molecule has 0 radical (unpaired) electrons. The molecule has 0 bridgehead atoms. The zero-order valence-corrected chi connectivity index (χ0v) is 11.9. The van der Waals surface area contributed by atoms with Crippen molar-refractivity contribution in [3.05, 3.63) is 27.2 Å². The number of hydrogen-bond acceptors (Lipinski definition) is 2. The van der Waals surface area contributed by atoms with E-state index < -0.39 is 0 Å². The number of amides is 1. The summed E-state index contributed by atoms with van der Waals surface area (Å²) in [5.41, 5.74) is 0.624. The van der Waals surface area contributed by atoms with Gasteiger partial charge in [-0.25, -0.2) is 0 Å². The number of halogens is 3. The summed E-state index contributed by atoms with van der Waals surface area (Å²) in [7, 11) is 0. The zero-order valence-electron chi connectivity index (χ0n) is 9.68. The van der Waals surface area contributed by atoms with Gasteiger partial charge in [0.2, 0.25) is 5.91 Å². The molecule has 1 saturated heterocycles. The molecule has 18 heavy (non-hydrogen) atoms. The third-order valence-electron chi connectivity index (χ3n) is 2.90. The van der Waals surface area contributed by atoms with Crippen molar-refractivity contribution >= 4 is 46.4 Å². The molecule has 3 nitrogen and oxygen atoms in total. The molecule has 1 aliphatic heterocycles. The highest BCUT2D eigenvalue weighted by Gasteiger charge is 2.17. The highest BCUT2D eigenvalue weighted by molar-refractivity contribution is 6.44. The molecular weight excluding hydrogens is 295 g/mol. The maximum atomic E-state index is 11.8. The number of anilines is 1. The normalized spacial score (nSPS) is 14.9. The molecule has 1 fully saturated rings. The van der Waals surface area contributed by atoms with E-state index in [-0.39, 0.29) is 12.5 Å². The van der Waals surface area contributed by atoms with Crippen LogP contribution in [0.3, 0.4) is 0 Å². The van der Waals surface area contributed by atoms with Crippen LogP contribution in [0.1, 0.15) is 12.8 Å². The van der Waals surface area contributed by atoms with Crippen molar-refractivity contribution in [2.45, 2.75) is 12.8 Å². The summed E-state index contributed by atoms with van der Waals surface area (Å²) in [6, 6.07) is 3.19. The molecule has 0 aliphatic carbocycles. The molecule has 98 valence electrons. The topological polar surface area (TPSA) is 32.3 Å². The van der Waals surface area contributed by atoms with Gasteiger partial charge in [-0.15, -0.1) is 0 Å². The number of rotatable bonds is 3. The fraction of sp³-hybridized carbons (Fsp3) is 0.417. The van der Waals surface area contributed by atoms with E-state index in [1.165, 1.54) is 0 Å². The van der Waals surface area contributed by atoms with Gasteiger partial charge >= 0.3 is 0 Å². The Morgan fingerprint density at radius 2 is 1.72 bits per heavy atom. The quantitative estimate of drug-likeness (QED) is 0.864. The minimum atomic E-state index is 0.0784. The van der Waals surface area contributed by atoms with Crippen molar-refractivity contribution in [3.8, 4) is 0 Å². The second-order valence-corrected chi connectivity index (χ2v) is 5.41. The summed E-state index contributed by atoms with van der Waals surface area (Å²) in [6.45, 7) is 1.91. The average molecular weight is 308 g/mol. The second kappa shape index (κ2) is 6.00. The summed E-state index contributed by atoms with van der Waals surface area (Å²) in [6.07, 6.45) is 2.17. The predicted molar refractivity (Wildman–Crippen MR) is 75.8 cm³/mol. The van der Waals surface area contributed by atoms with Gasteiger partial charge in [0.05, 0.1) is 27.3 Å². The number of benzene rings is 1. The van der Waals surface area contributed by atoms with E-state index in [0.29, 0.717) is 20.8 Å². The van der Waals surface area contributed by atoms with Crippen LogP contribution in [-0.2, 0) is 4.79 Å². The van der Waals surface area contributed by atoms with Crippen molar-refractivity contribution in [1.29, 1.82) is 0 Å². The van der Waals surface area contributed by atoms with Gasteiger partial charge < -0.3 is 10.2 Å². The number of carbonyl (C=O) groups is 1. The van der Waals surface area contributed by atoms with Crippen LogP contribution in [0.5, 0.6) is 0 Å². The van der Waals surface area contributed by atoms with Crippen molar-refractivity contribution in [1.82, 2.24) is 4.90 Å². The van der Waals surface area contributed by atoms with Crippen LogP contribution in [0.2, 0.25) is 15.1 Å². The molecule has 0 atom stereocenters. The Hall–Kier alpha value is -0.640. The van der Waals surface area contributed by atoms with Gasteiger partial charge in [-0.3, -0.25) is 4.79 Å². The minimum absolute atomic E-state index is 0.0784. The third kappa shape index (κ3) is 3.22. The highest BCUT2D eigenvalue weighted by atomic mass is 35.5. The second-order valence-electron chi connectivity index (χ2n) is 4.19. The number of carbonyl (C=O) groups excluding carboxylic acids is 1. The Kier molecular flexibility index (Phi) is 4.60. The third-order valence-corrected chi connectivity index (χ3v) is 3.93. The number of nitrogens with zero attached hydrogens (tertiary/aromatic N) is 1. The summed E-state index contributed by atoms with van der Waals surface area (Å²) >= 11 is 17.7. The van der Waals surface area contributed by atoms with Gasteiger partial charge in [-0.2, -0.15) is 0 Å². The molecule has 0 unspecified atom stereocenters. The summed E-state index contributed by atoms with van der Waals surface area (Å²) in [5.74, 6) is 0.0784. The first-order chi connectivity index (χ1) is 8.58. The minimum Gasteiger partial charge on any atom is -0.375 e. The summed E-state index contributed by atoms with van der Waals surface area (Å²) in [5, 5.41) is 4.26. The number of nitrogens with one attached hydrogen (secondary N) is 1. The fourth-order valence-corrected chi connectivity index (χ4v) is 2.52. The summed E-state index contributed by atoms with van der Waals surface area (Å²) in [4.78, 5) is 13.7. The van der Waals surface area contributed by atoms with E-state index in [0.717, 1.165) is 25.9 Å². The largest absolute Gasteiger partial charge is 0.375 e. The van der Waals surface area contributed by atoms with Crippen LogP contribution in [0, 0.1) is 0 Å². The molecular formula is C12H13Cl3N2O. The molecule has 0 saturated carbocycles. The molecule has 1 N–H and O–H groups in total. The van der Waals surface area contributed by atoms with E-state index in [4.69, 9.17) is 34.8 Å². The maximum Gasteiger partial charge on any atom is 0.241 e. The molecule has 0 aromatic heterocycles. The van der Waals surface area contributed by atoms with Crippen LogP contribution in [0.4, 0.5) is 5.69 Å². The van der Waals surface area contributed by atoms with Crippen molar-refractivity contribution in [2.24, 2.45) is 0 Å². The van der Waals surface area contributed by atoms with Crippen LogP contribution >= 0.6 is 34.8 Å². The Morgan fingerprint density at radius 1 is 1.11 bits per heavy atom. The number of likely N-dealkylation sites (tertiary alicyclic amines) is 1. The molecule has 6 heteroatoms. The van der Waals surface area contributed by atoms with E-state index in [1.807, 2.05) is 4.90 Å². The molecule has 1 amide bonds. The molecule has 1 aliphatic rings. The Bertz CT molecular complexity index is 459. The average Bonchev–Trinajstić information content (AvgIpc) is 2.85. The van der Waals surface area contributed by atoms with Gasteiger partial charge in [-0.05, 0) is 25.0 Å². The monoisotopic (exact) mass is 306 g/mol. The van der Waals surface area contributed by atoms with Crippen LogP contribution in [0.15, 0.2) is 12.1 Å². The predicted octanol–water partition coefficient (Wildman–Crippen LogP) is 3.68. The van der Waals surface area contributed by atoms with Gasteiger partial charge in [0.25, 0.3) is 0 Å². The van der Waals surface area contributed by atoms with Crippen molar-refractivity contribution in [3.63, 3.8) is 0 Å². The highest BCUT2D eigenvalue weighted by Crippen LogP contribution is 2.32. The molecule has 2 rings (SSSR count). The Morgan fingerprint density at radius 3 is 2.39 bits per heavy atom. The fourth-order valence-electron chi connectivity index (χ4n) is 1.91. The first-order valence-corrected chi connectivity index (χ1v) is 6.87. The first-order valence-electron chi connectivity index (χ1n) is 5.74. The van der Waals surface area contributed by atoms with E-state index in [2.05, 4.69) is 5.32 Å². The van der Waals surface area contributed by atoms with Gasteiger partial charge in [0.15, 0.2) is 0 Å². The zero-order chi connectivity index (χ0) is 13.1. The lowest BCUT2D eigenvalue weighted by molar-refractivity contribution is -0.128. The SMILES string of the molecule is O=C(CNc1cc(Cl)c(Cl)cc1Cl)N1CCCC1. The lowest BCUT2D eigenvalue weighted by atomic mass is 10.3. The van der Waals surface area contributed by atoms with Gasteiger partial charge in [0, 0.05) is 13.1 Å². The van der Waals surface area contributed by atoms with Crippen molar-refractivity contribution in [2.75, 3.05) is 25.0 Å². The van der Waals surface area contributed by atoms with Crippen LogP contribution in [0.25, 0.3) is 0 Å².